The molecule has 0 bridgehead atoms. The molecule has 5 rings (SSSR count). The zero-order valence-electron chi connectivity index (χ0n) is 21.7. The highest BCUT2D eigenvalue weighted by molar-refractivity contribution is 6.06. The average Bonchev–Trinajstić information content (AvgIpc) is 3.38. The number of nitrogens with one attached hydrogen (secondary N) is 1. The van der Waals surface area contributed by atoms with Crippen molar-refractivity contribution in [3.8, 4) is 0 Å². The number of amides is 2. The van der Waals surface area contributed by atoms with Gasteiger partial charge in [-0.15, -0.1) is 0 Å². The molecule has 2 amide bonds. The third-order valence-corrected chi connectivity index (χ3v) is 7.76. The van der Waals surface area contributed by atoms with Crippen LogP contribution >= 0.6 is 0 Å². The van der Waals surface area contributed by atoms with Crippen molar-refractivity contribution in [3.05, 3.63) is 94.7 Å². The van der Waals surface area contributed by atoms with Crippen LogP contribution in [0.3, 0.4) is 0 Å². The van der Waals surface area contributed by atoms with Gasteiger partial charge in [-0.05, 0) is 60.9 Å². The minimum atomic E-state index is -0.536. The van der Waals surface area contributed by atoms with Crippen molar-refractivity contribution in [2.45, 2.75) is 64.8 Å². The van der Waals surface area contributed by atoms with Gasteiger partial charge in [0, 0.05) is 23.7 Å². The van der Waals surface area contributed by atoms with Gasteiger partial charge >= 0.3 is 0 Å². The number of anilines is 1. The number of aryl methyl sites for hydroxylation is 1. The van der Waals surface area contributed by atoms with Crippen molar-refractivity contribution in [1.82, 2.24) is 9.88 Å². The molecule has 36 heavy (non-hydrogen) atoms. The van der Waals surface area contributed by atoms with Crippen molar-refractivity contribution in [1.29, 1.82) is 0 Å². The smallest absolute Gasteiger partial charge is 0.237 e. The molecule has 1 aliphatic heterocycles. The van der Waals surface area contributed by atoms with Crippen LogP contribution < -0.4 is 5.32 Å². The van der Waals surface area contributed by atoms with Crippen LogP contribution in [0.5, 0.6) is 0 Å². The molecular weight excluding hydrogens is 446 g/mol. The Balaban J connectivity index is 1.30. The highest BCUT2D eigenvalue weighted by atomic mass is 16.2. The lowest BCUT2D eigenvalue weighted by atomic mass is 9.79. The van der Waals surface area contributed by atoms with E-state index in [0.29, 0.717) is 18.8 Å². The molecule has 2 aromatic carbocycles. The van der Waals surface area contributed by atoms with Gasteiger partial charge in [-0.3, -0.25) is 9.59 Å². The first-order valence-corrected chi connectivity index (χ1v) is 12.9. The van der Waals surface area contributed by atoms with Crippen molar-refractivity contribution < 1.29 is 9.59 Å². The molecule has 1 aromatic heterocycles. The van der Waals surface area contributed by atoms with E-state index in [0.717, 1.165) is 30.4 Å². The molecule has 0 radical (unpaired) electrons. The number of aromatic nitrogens is 1. The Morgan fingerprint density at radius 1 is 1.06 bits per heavy atom. The van der Waals surface area contributed by atoms with Crippen LogP contribution in [0.25, 0.3) is 0 Å². The fourth-order valence-electron chi connectivity index (χ4n) is 5.74. The first kappa shape index (κ1) is 24.2. The van der Waals surface area contributed by atoms with Crippen LogP contribution in [0, 0.1) is 5.41 Å². The summed E-state index contributed by atoms with van der Waals surface area (Å²) in [4.78, 5) is 32.7. The average molecular weight is 482 g/mol. The molecule has 5 heteroatoms. The lowest BCUT2D eigenvalue weighted by Gasteiger charge is -2.35. The topological polar surface area (TPSA) is 62.3 Å². The van der Waals surface area contributed by atoms with Gasteiger partial charge in [0.2, 0.25) is 11.8 Å². The van der Waals surface area contributed by atoms with Gasteiger partial charge in [0.25, 0.3) is 0 Å². The highest BCUT2D eigenvalue weighted by Crippen LogP contribution is 2.46. The maximum atomic E-state index is 13.3. The van der Waals surface area contributed by atoms with E-state index in [2.05, 4.69) is 47.6 Å². The first-order valence-electron chi connectivity index (χ1n) is 12.9. The fourth-order valence-corrected chi connectivity index (χ4v) is 5.74. The van der Waals surface area contributed by atoms with E-state index in [1.165, 1.54) is 16.7 Å². The zero-order chi connectivity index (χ0) is 25.5. The van der Waals surface area contributed by atoms with Crippen LogP contribution in [0.2, 0.25) is 0 Å². The number of carbonyl (C=O) groups excluding carboxylic acids is 2. The van der Waals surface area contributed by atoms with E-state index in [-0.39, 0.29) is 17.9 Å². The number of carbonyl (C=O) groups is 2. The van der Waals surface area contributed by atoms with Gasteiger partial charge in [0.15, 0.2) is 0 Å². The molecule has 5 nitrogen and oxygen atoms in total. The Morgan fingerprint density at radius 3 is 2.56 bits per heavy atom. The fraction of sp³-hybridized carbons (Fsp3) is 0.387. The lowest BCUT2D eigenvalue weighted by Crippen LogP contribution is -2.41. The minimum Gasteiger partial charge on any atom is -0.335 e. The summed E-state index contributed by atoms with van der Waals surface area (Å²) in [7, 11) is 0. The van der Waals surface area contributed by atoms with Gasteiger partial charge in [0.1, 0.15) is 5.82 Å². The quantitative estimate of drug-likeness (QED) is 0.496. The maximum Gasteiger partial charge on any atom is 0.237 e. The predicted octanol–water partition coefficient (Wildman–Crippen LogP) is 5.64. The second kappa shape index (κ2) is 9.20. The number of pyridine rings is 1. The van der Waals surface area contributed by atoms with Crippen LogP contribution in [0.15, 0.2) is 66.9 Å². The largest absolute Gasteiger partial charge is 0.335 e. The summed E-state index contributed by atoms with van der Waals surface area (Å²) in [5, 5.41) is 2.99. The minimum absolute atomic E-state index is 0.0207. The Bertz CT molecular complexity index is 1290. The van der Waals surface area contributed by atoms with E-state index < -0.39 is 10.8 Å². The van der Waals surface area contributed by atoms with Gasteiger partial charge in [-0.2, -0.15) is 0 Å². The summed E-state index contributed by atoms with van der Waals surface area (Å²) >= 11 is 0. The van der Waals surface area contributed by atoms with E-state index in [9.17, 15) is 9.59 Å². The predicted molar refractivity (Wildman–Crippen MR) is 143 cm³/mol. The normalized spacial score (nSPS) is 19.1. The van der Waals surface area contributed by atoms with E-state index in [1.807, 2.05) is 56.0 Å². The lowest BCUT2D eigenvalue weighted by molar-refractivity contribution is -0.141. The van der Waals surface area contributed by atoms with Crippen LogP contribution in [0.4, 0.5) is 5.82 Å². The third-order valence-electron chi connectivity index (χ3n) is 7.76. The Kier molecular flexibility index (Phi) is 6.19. The highest BCUT2D eigenvalue weighted by Gasteiger charge is 2.51. The van der Waals surface area contributed by atoms with Crippen molar-refractivity contribution in [2.75, 3.05) is 11.9 Å². The second-order valence-corrected chi connectivity index (χ2v) is 11.3. The van der Waals surface area contributed by atoms with Gasteiger partial charge in [-0.1, -0.05) is 75.4 Å². The number of nitrogens with zero attached hydrogens (tertiary/aromatic N) is 2. The molecule has 2 heterocycles. The van der Waals surface area contributed by atoms with Gasteiger partial charge in [-0.25, -0.2) is 4.98 Å². The number of rotatable bonds is 6. The Labute approximate surface area is 213 Å². The second-order valence-electron chi connectivity index (χ2n) is 11.3. The van der Waals surface area contributed by atoms with E-state index >= 15 is 0 Å². The number of fused-ring (bicyclic) bond motifs is 3. The summed E-state index contributed by atoms with van der Waals surface area (Å²) in [6.07, 6.45) is 4.93. The molecule has 0 fully saturated rings. The van der Waals surface area contributed by atoms with Crippen LogP contribution in [0.1, 0.15) is 68.0 Å². The Morgan fingerprint density at radius 2 is 1.81 bits per heavy atom. The van der Waals surface area contributed by atoms with Crippen molar-refractivity contribution in [2.24, 2.45) is 5.41 Å². The van der Waals surface area contributed by atoms with E-state index in [1.54, 1.807) is 6.20 Å². The van der Waals surface area contributed by atoms with E-state index in [4.69, 9.17) is 0 Å². The summed E-state index contributed by atoms with van der Waals surface area (Å²) in [6.45, 7) is 8.79. The maximum absolute atomic E-state index is 13.3. The molecule has 1 aliphatic carbocycles. The molecule has 0 unspecified atom stereocenters. The molecule has 0 saturated heterocycles. The summed E-state index contributed by atoms with van der Waals surface area (Å²) in [6, 6.07) is 20.9. The van der Waals surface area contributed by atoms with Crippen molar-refractivity contribution >= 4 is 17.6 Å². The molecular formula is C31H35N3O2. The summed E-state index contributed by atoms with van der Waals surface area (Å²) < 4.78 is 0. The molecule has 186 valence electrons. The van der Waals surface area contributed by atoms with Crippen molar-refractivity contribution in [3.63, 3.8) is 0 Å². The monoisotopic (exact) mass is 481 g/mol. The molecule has 1 N–H and O–H groups in total. The van der Waals surface area contributed by atoms with Crippen LogP contribution in [-0.2, 0) is 34.3 Å². The zero-order valence-corrected chi connectivity index (χ0v) is 21.7. The Hall–Kier alpha value is -3.47. The number of hydrogen-bond acceptors (Lipinski definition) is 3. The SMILES string of the molecule is C[C@H](c1ccccc1)N(CCCc1ccc2c(c1)C[C@@]1(C2)C(=O)Nc2ncccc21)C(=O)C(C)(C)C. The number of hydrogen-bond donors (Lipinski definition) is 1. The number of benzene rings is 2. The molecule has 1 spiro atoms. The molecule has 2 aliphatic rings. The molecule has 0 saturated carbocycles. The standard InChI is InChI=1S/C31H35N3O2/c1-21(23-11-6-5-7-12-23)34(29(36)30(2,3)4)17-9-10-22-14-15-24-19-31(20-25(24)18-22)26-13-8-16-32-27(26)33-28(31)35/h5-8,11-16,18,21H,9-10,17,19-20H2,1-4H3,(H,32,33,35)/t21-,31-/m1/s1. The van der Waals surface area contributed by atoms with Gasteiger partial charge in [0.05, 0.1) is 11.5 Å². The summed E-state index contributed by atoms with van der Waals surface area (Å²) in [5.74, 6) is 0.932. The third kappa shape index (κ3) is 4.32. The summed E-state index contributed by atoms with van der Waals surface area (Å²) in [5.41, 5.74) is 4.95. The first-order chi connectivity index (χ1) is 17.2. The molecule has 3 aromatic rings. The van der Waals surface area contributed by atoms with Crippen LogP contribution in [-0.4, -0.2) is 28.2 Å². The molecule has 2 atom stereocenters. The van der Waals surface area contributed by atoms with Gasteiger partial charge < -0.3 is 10.2 Å².